The lowest BCUT2D eigenvalue weighted by Crippen LogP contribution is -2.30. The van der Waals surface area contributed by atoms with Gasteiger partial charge in [-0.1, -0.05) is 318 Å². The highest BCUT2D eigenvalue weighted by Crippen LogP contribution is 2.17. The van der Waals surface area contributed by atoms with Crippen molar-refractivity contribution in [2.24, 2.45) is 0 Å². The van der Waals surface area contributed by atoms with Gasteiger partial charge in [0.15, 0.2) is 6.10 Å². The molecular formula is C67H120O5. The van der Waals surface area contributed by atoms with E-state index in [1.165, 1.54) is 212 Å². The SMILES string of the molecule is CC/C=C\C/C=C\C/C=C\C/C=C\C/C=C\C/C=C\CCC(=O)OC[C@@H](COCCCCCCCCCCCCCCCCCC)OC(=O)CCCCCCCCCCCCCCCCCCCCCCC. The van der Waals surface area contributed by atoms with Crippen LogP contribution in [0, 0.1) is 0 Å². The van der Waals surface area contributed by atoms with Crippen molar-refractivity contribution in [2.75, 3.05) is 19.8 Å². The molecule has 5 nitrogen and oxygen atoms in total. The molecule has 0 aromatic heterocycles. The molecule has 0 radical (unpaired) electrons. The number of ether oxygens (including phenoxy) is 3. The Kier molecular flexibility index (Phi) is 60.3. The van der Waals surface area contributed by atoms with Gasteiger partial charge in [-0.2, -0.15) is 0 Å². The van der Waals surface area contributed by atoms with Crippen molar-refractivity contribution in [3.05, 3.63) is 72.9 Å². The van der Waals surface area contributed by atoms with E-state index < -0.39 is 6.10 Å². The Hall–Kier alpha value is -2.66. The molecule has 0 amide bonds. The van der Waals surface area contributed by atoms with Gasteiger partial charge in [0.1, 0.15) is 6.61 Å². The summed E-state index contributed by atoms with van der Waals surface area (Å²) in [6.45, 7) is 7.70. The average molecular weight is 1010 g/mol. The lowest BCUT2D eigenvalue weighted by molar-refractivity contribution is -0.162. The largest absolute Gasteiger partial charge is 0.462 e. The summed E-state index contributed by atoms with van der Waals surface area (Å²) >= 11 is 0. The topological polar surface area (TPSA) is 61.8 Å². The molecule has 72 heavy (non-hydrogen) atoms. The first kappa shape index (κ1) is 69.3. The van der Waals surface area contributed by atoms with Gasteiger partial charge in [0, 0.05) is 19.4 Å². The van der Waals surface area contributed by atoms with Gasteiger partial charge in [0.25, 0.3) is 0 Å². The Bertz CT molecular complexity index is 1270. The van der Waals surface area contributed by atoms with Gasteiger partial charge in [-0.25, -0.2) is 0 Å². The van der Waals surface area contributed by atoms with Crippen LogP contribution >= 0.6 is 0 Å². The summed E-state index contributed by atoms with van der Waals surface area (Å²) in [4.78, 5) is 25.6. The van der Waals surface area contributed by atoms with E-state index in [1.54, 1.807) is 0 Å². The summed E-state index contributed by atoms with van der Waals surface area (Å²) in [6, 6.07) is 0. The predicted octanol–water partition coefficient (Wildman–Crippen LogP) is 21.8. The first-order valence-electron chi connectivity index (χ1n) is 31.5. The average Bonchev–Trinajstić information content (AvgIpc) is 3.38. The van der Waals surface area contributed by atoms with Crippen molar-refractivity contribution in [1.82, 2.24) is 0 Å². The zero-order chi connectivity index (χ0) is 52.0. The molecule has 418 valence electrons. The van der Waals surface area contributed by atoms with Crippen molar-refractivity contribution >= 4 is 11.9 Å². The molecule has 0 aliphatic rings. The number of esters is 2. The van der Waals surface area contributed by atoms with Gasteiger partial charge in [-0.15, -0.1) is 0 Å². The van der Waals surface area contributed by atoms with Crippen molar-refractivity contribution < 1.29 is 23.8 Å². The molecule has 0 spiro atoms. The molecule has 0 aliphatic heterocycles. The molecule has 0 heterocycles. The molecular weight excluding hydrogens is 885 g/mol. The summed E-state index contributed by atoms with van der Waals surface area (Å²) in [5, 5.41) is 0. The Labute approximate surface area is 448 Å². The maximum Gasteiger partial charge on any atom is 0.306 e. The standard InChI is InChI=1S/C67H120O5/c1-4-7-10-13-16-19-22-25-28-31-33-34-36-38-40-43-46-49-52-55-58-61-67(69)72-65(63-70-62-59-56-53-50-47-44-41-30-27-24-21-18-15-12-9-6-3)64-71-66(68)60-57-54-51-48-45-42-39-37-35-32-29-26-23-20-17-14-11-8-5-2/h8,11,17,20,26,29,35,37,42,45,51,54,65H,4-7,9-10,12-16,18-19,21-25,27-28,30-34,36,38-41,43-44,46-50,52-53,55-64H2,1-3H3/b11-8-,20-17-,29-26-,37-35-,45-42-,54-51-/t65-/m1/s1. The van der Waals surface area contributed by atoms with Gasteiger partial charge < -0.3 is 14.2 Å². The third-order valence-electron chi connectivity index (χ3n) is 13.8. The van der Waals surface area contributed by atoms with Crippen LogP contribution in [0.1, 0.15) is 316 Å². The quantitative estimate of drug-likeness (QED) is 0.0345. The van der Waals surface area contributed by atoms with Gasteiger partial charge >= 0.3 is 11.9 Å². The van der Waals surface area contributed by atoms with Crippen LogP contribution in [0.3, 0.4) is 0 Å². The Morgan fingerprint density at radius 2 is 0.625 bits per heavy atom. The number of carbonyl (C=O) groups excluding carboxylic acids is 2. The number of hydrogen-bond donors (Lipinski definition) is 0. The lowest BCUT2D eigenvalue weighted by atomic mass is 10.0. The zero-order valence-electron chi connectivity index (χ0n) is 48.2. The molecule has 5 heteroatoms. The van der Waals surface area contributed by atoms with E-state index in [0.717, 1.165) is 64.2 Å². The van der Waals surface area contributed by atoms with Crippen LogP contribution in [0.2, 0.25) is 0 Å². The molecule has 0 aromatic rings. The van der Waals surface area contributed by atoms with Crippen LogP contribution in [0.5, 0.6) is 0 Å². The number of allylic oxidation sites excluding steroid dienone is 12. The van der Waals surface area contributed by atoms with Crippen molar-refractivity contribution in [3.8, 4) is 0 Å². The molecule has 0 aliphatic carbocycles. The number of hydrogen-bond acceptors (Lipinski definition) is 5. The molecule has 0 aromatic carbocycles. The molecule has 1 atom stereocenters. The van der Waals surface area contributed by atoms with E-state index in [9.17, 15) is 9.59 Å². The predicted molar refractivity (Wildman–Crippen MR) is 316 cm³/mol. The second-order valence-electron chi connectivity index (χ2n) is 20.9. The Balaban J connectivity index is 4.32. The van der Waals surface area contributed by atoms with Crippen LogP contribution in [-0.4, -0.2) is 37.9 Å². The van der Waals surface area contributed by atoms with E-state index in [4.69, 9.17) is 14.2 Å². The second kappa shape index (κ2) is 62.6. The summed E-state index contributed by atoms with van der Waals surface area (Å²) < 4.78 is 17.5. The Morgan fingerprint density at radius 1 is 0.319 bits per heavy atom. The van der Waals surface area contributed by atoms with Crippen molar-refractivity contribution in [3.63, 3.8) is 0 Å². The first-order valence-corrected chi connectivity index (χ1v) is 31.5. The van der Waals surface area contributed by atoms with Gasteiger partial charge in [0.2, 0.25) is 0 Å². The van der Waals surface area contributed by atoms with E-state index in [2.05, 4.69) is 87.6 Å². The van der Waals surface area contributed by atoms with E-state index in [0.29, 0.717) is 25.9 Å². The summed E-state index contributed by atoms with van der Waals surface area (Å²) in [7, 11) is 0. The van der Waals surface area contributed by atoms with Crippen LogP contribution in [0.25, 0.3) is 0 Å². The minimum Gasteiger partial charge on any atom is -0.462 e. The maximum absolute atomic E-state index is 12.9. The summed E-state index contributed by atoms with van der Waals surface area (Å²) in [5.74, 6) is -0.476. The lowest BCUT2D eigenvalue weighted by Gasteiger charge is -2.18. The smallest absolute Gasteiger partial charge is 0.306 e. The number of unbranched alkanes of at least 4 members (excludes halogenated alkanes) is 35. The van der Waals surface area contributed by atoms with E-state index >= 15 is 0 Å². The molecule has 0 rings (SSSR count). The maximum atomic E-state index is 12.9. The molecule has 0 bridgehead atoms. The van der Waals surface area contributed by atoms with Crippen LogP contribution in [0.4, 0.5) is 0 Å². The van der Waals surface area contributed by atoms with Gasteiger partial charge in [0.05, 0.1) is 6.61 Å². The van der Waals surface area contributed by atoms with Gasteiger partial charge in [-0.3, -0.25) is 9.59 Å². The molecule has 0 N–H and O–H groups in total. The highest BCUT2D eigenvalue weighted by atomic mass is 16.6. The second-order valence-corrected chi connectivity index (χ2v) is 20.9. The van der Waals surface area contributed by atoms with E-state index in [-0.39, 0.29) is 25.2 Å². The van der Waals surface area contributed by atoms with Crippen LogP contribution in [-0.2, 0) is 23.8 Å². The molecule has 0 unspecified atom stereocenters. The molecule has 0 saturated heterocycles. The molecule has 0 fully saturated rings. The monoisotopic (exact) mass is 1000 g/mol. The highest BCUT2D eigenvalue weighted by Gasteiger charge is 2.17. The van der Waals surface area contributed by atoms with Crippen LogP contribution in [0.15, 0.2) is 72.9 Å². The summed E-state index contributed by atoms with van der Waals surface area (Å²) in [6.07, 6.45) is 82.4. The minimum absolute atomic E-state index is 0.0482. The zero-order valence-corrected chi connectivity index (χ0v) is 48.2. The van der Waals surface area contributed by atoms with Gasteiger partial charge in [-0.05, 0) is 57.8 Å². The fourth-order valence-corrected chi connectivity index (χ4v) is 9.13. The fourth-order valence-electron chi connectivity index (χ4n) is 9.13. The van der Waals surface area contributed by atoms with Crippen molar-refractivity contribution in [1.29, 1.82) is 0 Å². The molecule has 0 saturated carbocycles. The third-order valence-corrected chi connectivity index (χ3v) is 13.8. The van der Waals surface area contributed by atoms with Crippen molar-refractivity contribution in [2.45, 2.75) is 322 Å². The first-order chi connectivity index (χ1) is 35.6. The minimum atomic E-state index is -0.566. The normalized spacial score (nSPS) is 12.7. The van der Waals surface area contributed by atoms with E-state index in [1.807, 2.05) is 6.08 Å². The third kappa shape index (κ3) is 59.9. The fraction of sp³-hybridized carbons (Fsp3) is 0.791. The number of rotatable bonds is 58. The van der Waals surface area contributed by atoms with Crippen LogP contribution < -0.4 is 0 Å². The Morgan fingerprint density at radius 3 is 0.972 bits per heavy atom. The number of carbonyl (C=O) groups is 2. The summed E-state index contributed by atoms with van der Waals surface area (Å²) in [5.41, 5.74) is 0. The highest BCUT2D eigenvalue weighted by molar-refractivity contribution is 5.70.